The molecule has 0 aliphatic heterocycles. The molecule has 8 heteroatoms. The van der Waals surface area contributed by atoms with Crippen molar-refractivity contribution in [3.8, 4) is 28.8 Å². The largest absolute Gasteiger partial charge is 0.506 e. The van der Waals surface area contributed by atoms with Gasteiger partial charge in [0, 0.05) is 11.6 Å². The summed E-state index contributed by atoms with van der Waals surface area (Å²) in [6.45, 7) is 5.69. The Morgan fingerprint density at radius 1 is 1.22 bits per heavy atom. The van der Waals surface area contributed by atoms with E-state index in [4.69, 9.17) is 4.74 Å². The van der Waals surface area contributed by atoms with Crippen LogP contribution in [0, 0.1) is 0 Å². The summed E-state index contributed by atoms with van der Waals surface area (Å²) in [5.41, 5.74) is 0.945. The van der Waals surface area contributed by atoms with Crippen molar-refractivity contribution >= 4 is 5.91 Å². The molecule has 0 saturated carbocycles. The molecule has 140 valence electrons. The van der Waals surface area contributed by atoms with Crippen LogP contribution in [0.4, 0.5) is 0 Å². The van der Waals surface area contributed by atoms with Gasteiger partial charge in [0.05, 0.1) is 24.7 Å². The molecule has 8 nitrogen and oxygen atoms in total. The maximum atomic E-state index is 12.6. The Morgan fingerprint density at radius 2 is 2.00 bits per heavy atom. The van der Waals surface area contributed by atoms with E-state index < -0.39 is 5.54 Å². The van der Waals surface area contributed by atoms with Crippen LogP contribution >= 0.6 is 0 Å². The van der Waals surface area contributed by atoms with Gasteiger partial charge in [0.15, 0.2) is 11.5 Å². The Kier molecular flexibility index (Phi) is 4.81. The van der Waals surface area contributed by atoms with Crippen molar-refractivity contribution in [2.75, 3.05) is 7.11 Å². The van der Waals surface area contributed by atoms with Crippen LogP contribution in [0.15, 0.2) is 42.6 Å². The van der Waals surface area contributed by atoms with Gasteiger partial charge in [-0.15, -0.1) is 0 Å². The lowest BCUT2D eigenvalue weighted by Gasteiger charge is -2.19. The van der Waals surface area contributed by atoms with Crippen LogP contribution < -0.4 is 10.1 Å². The highest BCUT2D eigenvalue weighted by molar-refractivity contribution is 5.94. The highest BCUT2D eigenvalue weighted by Gasteiger charge is 2.21. The standard InChI is InChI=1S/C19H21N5O3/c1-19(2,3)22-18(26)14-10-15(13-9-8-12(25)11-20-13)24(23-14)16-6-5-7-17(21-16)27-4/h5-11,25H,1-4H3,(H,22,26). The van der Waals surface area contributed by atoms with Crippen molar-refractivity contribution in [3.63, 3.8) is 0 Å². The molecule has 0 fully saturated rings. The second kappa shape index (κ2) is 7.06. The number of rotatable bonds is 4. The predicted octanol–water partition coefficient (Wildman–Crippen LogP) is 2.57. The van der Waals surface area contributed by atoms with Gasteiger partial charge in [-0.1, -0.05) is 6.07 Å². The van der Waals surface area contributed by atoms with Gasteiger partial charge in [-0.25, -0.2) is 4.68 Å². The molecule has 3 rings (SSSR count). The number of nitrogens with one attached hydrogen (secondary N) is 1. The molecule has 1 amide bonds. The summed E-state index contributed by atoms with van der Waals surface area (Å²) in [6, 6.07) is 10.1. The molecule has 0 aliphatic rings. The van der Waals surface area contributed by atoms with Gasteiger partial charge in [0.25, 0.3) is 5.91 Å². The Labute approximate surface area is 156 Å². The van der Waals surface area contributed by atoms with E-state index in [1.165, 1.54) is 24.1 Å². The number of carbonyl (C=O) groups is 1. The van der Waals surface area contributed by atoms with E-state index in [-0.39, 0.29) is 17.4 Å². The highest BCUT2D eigenvalue weighted by atomic mass is 16.5. The second-order valence-corrected chi connectivity index (χ2v) is 6.97. The van der Waals surface area contributed by atoms with Gasteiger partial charge in [-0.2, -0.15) is 10.1 Å². The minimum Gasteiger partial charge on any atom is -0.506 e. The second-order valence-electron chi connectivity index (χ2n) is 6.97. The molecule has 0 aromatic carbocycles. The van der Waals surface area contributed by atoms with Crippen LogP contribution in [0.1, 0.15) is 31.3 Å². The fourth-order valence-electron chi connectivity index (χ4n) is 2.43. The Morgan fingerprint density at radius 3 is 2.63 bits per heavy atom. The number of hydrogen-bond acceptors (Lipinski definition) is 6. The number of amides is 1. The van der Waals surface area contributed by atoms with Gasteiger partial charge in [-0.05, 0) is 45.0 Å². The van der Waals surface area contributed by atoms with Crippen LogP contribution in [-0.4, -0.2) is 43.4 Å². The van der Waals surface area contributed by atoms with Gasteiger partial charge in [-0.3, -0.25) is 9.78 Å². The zero-order valence-corrected chi connectivity index (χ0v) is 15.6. The van der Waals surface area contributed by atoms with Crippen molar-refractivity contribution in [2.45, 2.75) is 26.3 Å². The van der Waals surface area contributed by atoms with E-state index >= 15 is 0 Å². The lowest BCUT2D eigenvalue weighted by Crippen LogP contribution is -2.40. The zero-order valence-electron chi connectivity index (χ0n) is 15.6. The minimum atomic E-state index is -0.397. The highest BCUT2D eigenvalue weighted by Crippen LogP contribution is 2.24. The Balaban J connectivity index is 2.11. The fourth-order valence-corrected chi connectivity index (χ4v) is 2.43. The SMILES string of the molecule is COc1cccc(-n2nc(C(=O)NC(C)(C)C)cc2-c2ccc(O)cn2)n1. The van der Waals surface area contributed by atoms with Crippen LogP contribution in [-0.2, 0) is 0 Å². The first-order valence-electron chi connectivity index (χ1n) is 8.36. The molecule has 0 saturated heterocycles. The smallest absolute Gasteiger partial charge is 0.272 e. The molecule has 3 aromatic heterocycles. The molecule has 3 aromatic rings. The first-order valence-corrected chi connectivity index (χ1v) is 8.36. The summed E-state index contributed by atoms with van der Waals surface area (Å²) in [5.74, 6) is 0.654. The number of carbonyl (C=O) groups excluding carboxylic acids is 1. The molecular weight excluding hydrogens is 346 g/mol. The van der Waals surface area contributed by atoms with Crippen LogP contribution in [0.3, 0.4) is 0 Å². The molecule has 0 bridgehead atoms. The topological polar surface area (TPSA) is 102 Å². The van der Waals surface area contributed by atoms with Crippen molar-refractivity contribution < 1.29 is 14.6 Å². The predicted molar refractivity (Wildman–Crippen MR) is 100 cm³/mol. The normalized spacial score (nSPS) is 11.3. The number of aromatic hydroxyl groups is 1. The third kappa shape index (κ3) is 4.22. The third-order valence-corrected chi connectivity index (χ3v) is 3.58. The van der Waals surface area contributed by atoms with Crippen molar-refractivity contribution in [3.05, 3.63) is 48.3 Å². The summed E-state index contributed by atoms with van der Waals surface area (Å²) in [7, 11) is 1.53. The number of nitrogens with zero attached hydrogens (tertiary/aromatic N) is 4. The zero-order chi connectivity index (χ0) is 19.6. The van der Waals surface area contributed by atoms with E-state index in [9.17, 15) is 9.90 Å². The first kappa shape index (κ1) is 18.4. The lowest BCUT2D eigenvalue weighted by atomic mass is 10.1. The molecule has 0 unspecified atom stereocenters. The minimum absolute atomic E-state index is 0.0509. The van der Waals surface area contributed by atoms with Gasteiger partial charge in [0.2, 0.25) is 5.88 Å². The maximum Gasteiger partial charge on any atom is 0.272 e. The van der Waals surface area contributed by atoms with Crippen LogP contribution in [0.5, 0.6) is 11.6 Å². The third-order valence-electron chi connectivity index (χ3n) is 3.58. The van der Waals surface area contributed by atoms with Gasteiger partial charge in [0.1, 0.15) is 5.75 Å². The van der Waals surface area contributed by atoms with E-state index in [0.717, 1.165) is 0 Å². The number of ether oxygens (including phenoxy) is 1. The molecule has 0 atom stereocenters. The average molecular weight is 367 g/mol. The van der Waals surface area contributed by atoms with E-state index in [2.05, 4.69) is 20.4 Å². The first-order chi connectivity index (χ1) is 12.8. The summed E-state index contributed by atoms with van der Waals surface area (Å²) >= 11 is 0. The van der Waals surface area contributed by atoms with Crippen LogP contribution in [0.25, 0.3) is 17.2 Å². The molecule has 0 radical (unpaired) electrons. The number of methoxy groups -OCH3 is 1. The number of aromatic nitrogens is 4. The van der Waals surface area contributed by atoms with Crippen molar-refractivity contribution in [1.82, 2.24) is 25.1 Å². The van der Waals surface area contributed by atoms with Gasteiger partial charge < -0.3 is 15.2 Å². The summed E-state index contributed by atoms with van der Waals surface area (Å²) in [5, 5.41) is 16.8. The van der Waals surface area contributed by atoms with Crippen molar-refractivity contribution in [2.24, 2.45) is 0 Å². The maximum absolute atomic E-state index is 12.6. The molecule has 0 spiro atoms. The van der Waals surface area contributed by atoms with E-state index in [0.29, 0.717) is 23.1 Å². The summed E-state index contributed by atoms with van der Waals surface area (Å²) in [6.07, 6.45) is 1.33. The van der Waals surface area contributed by atoms with Gasteiger partial charge >= 0.3 is 0 Å². The average Bonchev–Trinajstić information content (AvgIpc) is 3.06. The van der Waals surface area contributed by atoms with E-state index in [1.54, 1.807) is 30.3 Å². The Bertz CT molecular complexity index is 958. The molecule has 3 heterocycles. The summed E-state index contributed by atoms with van der Waals surface area (Å²) < 4.78 is 6.70. The lowest BCUT2D eigenvalue weighted by molar-refractivity contribution is 0.0914. The summed E-state index contributed by atoms with van der Waals surface area (Å²) in [4.78, 5) is 21.2. The van der Waals surface area contributed by atoms with Crippen molar-refractivity contribution in [1.29, 1.82) is 0 Å². The monoisotopic (exact) mass is 367 g/mol. The molecule has 27 heavy (non-hydrogen) atoms. The fraction of sp³-hybridized carbons (Fsp3) is 0.263. The van der Waals surface area contributed by atoms with E-state index in [1.807, 2.05) is 20.8 Å². The molecular formula is C19H21N5O3. The number of pyridine rings is 2. The molecule has 0 aliphatic carbocycles. The molecule has 2 N–H and O–H groups in total. The Hall–Kier alpha value is -3.42. The van der Waals surface area contributed by atoms with Crippen LogP contribution in [0.2, 0.25) is 0 Å². The quantitative estimate of drug-likeness (QED) is 0.735. The number of hydrogen-bond donors (Lipinski definition) is 2.